The second-order valence-corrected chi connectivity index (χ2v) is 13.6. The van der Waals surface area contributed by atoms with E-state index in [9.17, 15) is 4.57 Å². The van der Waals surface area contributed by atoms with E-state index in [1.807, 2.05) is 0 Å². The first-order valence-corrected chi connectivity index (χ1v) is 14.0. The normalized spacial score (nSPS) is 32.2. The molecule has 2 aliphatic rings. The van der Waals surface area contributed by atoms with E-state index >= 15 is 4.39 Å². The van der Waals surface area contributed by atoms with Gasteiger partial charge in [-0.15, -0.1) is 0 Å². The molecule has 0 saturated carbocycles. The lowest BCUT2D eigenvalue weighted by Gasteiger charge is -2.33. The lowest BCUT2D eigenvalue weighted by Crippen LogP contribution is -2.44. The first kappa shape index (κ1) is 25.0. The zero-order chi connectivity index (χ0) is 24.0. The van der Waals surface area contributed by atoms with E-state index in [1.54, 1.807) is 21.6 Å². The van der Waals surface area contributed by atoms with Crippen molar-refractivity contribution in [1.82, 2.24) is 19.5 Å². The number of methoxy groups -OCH3 is 1. The Morgan fingerprint density at radius 1 is 1.42 bits per heavy atom. The van der Waals surface area contributed by atoms with Crippen LogP contribution in [0, 0.1) is 0 Å². The summed E-state index contributed by atoms with van der Waals surface area (Å²) in [5.41, 5.74) is 4.19. The highest BCUT2D eigenvalue weighted by Gasteiger charge is 2.61. The fraction of sp³-hybridized carbons (Fsp3) is 0.722. The van der Waals surface area contributed by atoms with E-state index < -0.39 is 31.9 Å². The molecular weight excluding hydrogens is 496 g/mol. The van der Waals surface area contributed by atoms with Crippen molar-refractivity contribution in [2.45, 2.75) is 56.5 Å². The van der Waals surface area contributed by atoms with E-state index in [0.29, 0.717) is 11.3 Å². The highest BCUT2D eigenvalue weighted by atomic mass is 33.1. The maximum atomic E-state index is 16.1. The summed E-state index contributed by atoms with van der Waals surface area (Å²) >= 11 is 0. The van der Waals surface area contributed by atoms with Crippen molar-refractivity contribution in [2.24, 2.45) is 0 Å². The van der Waals surface area contributed by atoms with Crippen LogP contribution in [0.25, 0.3) is 11.2 Å². The van der Waals surface area contributed by atoms with E-state index in [2.05, 4.69) is 35.7 Å². The molecular formula is C18H27FN5O6PS2. The van der Waals surface area contributed by atoms with Gasteiger partial charge in [0.05, 0.1) is 26.7 Å². The van der Waals surface area contributed by atoms with Gasteiger partial charge in [0.25, 0.3) is 0 Å². The van der Waals surface area contributed by atoms with Gasteiger partial charge in [-0.05, 0) is 6.92 Å². The number of phosphoric acid groups is 1. The molecule has 4 heterocycles. The van der Waals surface area contributed by atoms with Crippen LogP contribution in [-0.2, 0) is 22.9 Å². The number of fused-ring (bicyclic) bond motifs is 2. The van der Waals surface area contributed by atoms with Gasteiger partial charge in [-0.25, -0.2) is 13.9 Å². The van der Waals surface area contributed by atoms with Crippen LogP contribution in [0.15, 0.2) is 6.33 Å². The number of aromatic nitrogens is 4. The summed E-state index contributed by atoms with van der Waals surface area (Å²) in [5, 5.41) is 0. The minimum absolute atomic E-state index is 0.0583. The number of rotatable bonds is 7. The Morgan fingerprint density at radius 2 is 2.18 bits per heavy atom. The molecule has 0 aromatic carbocycles. The molecule has 11 nitrogen and oxygen atoms in total. The zero-order valence-corrected chi connectivity index (χ0v) is 21.4. The number of nitrogen functional groups attached to an aromatic ring is 1. The van der Waals surface area contributed by atoms with Gasteiger partial charge >= 0.3 is 7.82 Å². The minimum Gasteiger partial charge on any atom is -0.479 e. The molecule has 0 radical (unpaired) electrons. The fourth-order valence-corrected chi connectivity index (χ4v) is 7.22. The summed E-state index contributed by atoms with van der Waals surface area (Å²) in [6.45, 7) is 7.59. The second kappa shape index (κ2) is 9.14. The summed E-state index contributed by atoms with van der Waals surface area (Å²) in [7, 11) is 0.745. The molecule has 2 saturated heterocycles. The van der Waals surface area contributed by atoms with Crippen LogP contribution in [0.2, 0.25) is 0 Å². The molecule has 0 amide bonds. The van der Waals surface area contributed by atoms with Crippen molar-refractivity contribution in [1.29, 1.82) is 0 Å². The summed E-state index contributed by atoms with van der Waals surface area (Å²) < 4.78 is 57.9. The predicted octanol–water partition coefficient (Wildman–Crippen LogP) is 3.76. The number of hydrogen-bond acceptors (Lipinski definition) is 12. The van der Waals surface area contributed by atoms with Crippen LogP contribution >= 0.6 is 29.4 Å². The van der Waals surface area contributed by atoms with Gasteiger partial charge in [0.1, 0.15) is 12.2 Å². The maximum absolute atomic E-state index is 16.1. The van der Waals surface area contributed by atoms with Crippen LogP contribution in [0.5, 0.6) is 5.88 Å². The lowest BCUT2D eigenvalue weighted by atomic mass is 9.98. The van der Waals surface area contributed by atoms with Gasteiger partial charge in [-0.1, -0.05) is 42.4 Å². The smallest absolute Gasteiger partial charge is 0.475 e. The maximum Gasteiger partial charge on any atom is 0.475 e. The number of hydrogen-bond donors (Lipinski definition) is 1. The van der Waals surface area contributed by atoms with Gasteiger partial charge in [0.15, 0.2) is 23.1 Å². The number of ether oxygens (including phenoxy) is 2. The first-order chi connectivity index (χ1) is 15.4. The molecule has 0 bridgehead atoms. The van der Waals surface area contributed by atoms with Crippen LogP contribution in [-0.4, -0.2) is 68.2 Å². The average molecular weight is 524 g/mol. The molecule has 2 aromatic heterocycles. The van der Waals surface area contributed by atoms with Gasteiger partial charge in [-0.2, -0.15) is 9.97 Å². The molecule has 2 N–H and O–H groups in total. The molecule has 184 valence electrons. The zero-order valence-electron chi connectivity index (χ0n) is 18.9. The Bertz CT molecular complexity index is 1070. The molecule has 2 aromatic rings. The number of nitrogens with zero attached hydrogens (tertiary/aromatic N) is 4. The number of anilines is 1. The van der Waals surface area contributed by atoms with Gasteiger partial charge in [0, 0.05) is 10.5 Å². The number of imidazole rings is 1. The number of alkyl halides is 1. The van der Waals surface area contributed by atoms with E-state index in [4.69, 9.17) is 28.8 Å². The highest BCUT2D eigenvalue weighted by Crippen LogP contribution is 2.59. The van der Waals surface area contributed by atoms with Gasteiger partial charge < -0.3 is 15.2 Å². The molecule has 0 aliphatic carbocycles. The third kappa shape index (κ3) is 5.12. The van der Waals surface area contributed by atoms with Crippen molar-refractivity contribution in [2.75, 3.05) is 31.8 Å². The van der Waals surface area contributed by atoms with Gasteiger partial charge in [0.2, 0.25) is 11.8 Å². The Kier molecular flexibility index (Phi) is 6.91. The Labute approximate surface area is 198 Å². The standard InChI is InChI=1S/C18H27FN5O6PS2/c1-17(2,3)33-32-7-6-27-31(25)28-8-10-12(30-31)18(4,19)15(29-10)24-9-21-11-13(24)22-16(20)23-14(11)26-5/h9-10,12,15H,6-8H2,1-5H3,(H2,20,22,23)/t10-,12-,15-,18-,31?/m1/s1. The van der Waals surface area contributed by atoms with Crippen LogP contribution < -0.4 is 10.5 Å². The minimum atomic E-state index is -3.95. The van der Waals surface area contributed by atoms with E-state index in [-0.39, 0.29) is 35.4 Å². The highest BCUT2D eigenvalue weighted by molar-refractivity contribution is 8.77. The second-order valence-electron chi connectivity index (χ2n) is 8.71. The van der Waals surface area contributed by atoms with Crippen molar-refractivity contribution in [3.8, 4) is 5.88 Å². The van der Waals surface area contributed by atoms with Crippen LogP contribution in [0.4, 0.5) is 10.3 Å². The SMILES string of the molecule is COc1nc(N)nc2c1ncn2[C@@H]1O[C@@H]2COP(=O)(OCCSSC(C)(C)C)O[C@H]2[C@@]1(C)F. The predicted molar refractivity (Wildman–Crippen MR) is 124 cm³/mol. The third-order valence-corrected chi connectivity index (χ3v) is 9.65. The first-order valence-electron chi connectivity index (χ1n) is 10.2. The van der Waals surface area contributed by atoms with Crippen LogP contribution in [0.3, 0.4) is 0 Å². The fourth-order valence-electron chi connectivity index (χ4n) is 3.53. The molecule has 2 fully saturated rings. The number of nitrogens with two attached hydrogens (primary N) is 1. The number of phosphoric ester groups is 1. The van der Waals surface area contributed by atoms with Crippen molar-refractivity contribution < 1.29 is 32.0 Å². The monoisotopic (exact) mass is 523 g/mol. The average Bonchev–Trinajstić information content (AvgIpc) is 3.24. The molecule has 33 heavy (non-hydrogen) atoms. The molecule has 4 rings (SSSR count). The lowest BCUT2D eigenvalue weighted by molar-refractivity contribution is -0.0701. The van der Waals surface area contributed by atoms with Crippen molar-refractivity contribution in [3.05, 3.63) is 6.33 Å². The Morgan fingerprint density at radius 3 is 2.88 bits per heavy atom. The topological polar surface area (TPSA) is 133 Å². The number of halogens is 1. The molecule has 1 unspecified atom stereocenters. The molecule has 2 aliphatic heterocycles. The molecule has 0 spiro atoms. The van der Waals surface area contributed by atoms with E-state index in [1.165, 1.54) is 24.9 Å². The largest absolute Gasteiger partial charge is 0.479 e. The summed E-state index contributed by atoms with van der Waals surface area (Å²) in [6, 6.07) is 0. The molecule has 15 heteroatoms. The molecule has 5 atom stereocenters. The quantitative estimate of drug-likeness (QED) is 0.322. The summed E-state index contributed by atoms with van der Waals surface area (Å²) in [5.74, 6) is 0.673. The summed E-state index contributed by atoms with van der Waals surface area (Å²) in [6.07, 6.45) is -1.81. The van der Waals surface area contributed by atoms with Gasteiger partial charge in [-0.3, -0.25) is 18.1 Å². The van der Waals surface area contributed by atoms with E-state index in [0.717, 1.165) is 0 Å². The Hall–Kier alpha value is -1.15. The Balaban J connectivity index is 1.48. The van der Waals surface area contributed by atoms with Crippen LogP contribution in [0.1, 0.15) is 33.9 Å². The third-order valence-electron chi connectivity index (χ3n) is 4.90. The summed E-state index contributed by atoms with van der Waals surface area (Å²) in [4.78, 5) is 12.4. The van der Waals surface area contributed by atoms with Crippen molar-refractivity contribution >= 4 is 46.5 Å². The van der Waals surface area contributed by atoms with Crippen molar-refractivity contribution in [3.63, 3.8) is 0 Å².